The molecule has 5 unspecified atom stereocenters. The van der Waals surface area contributed by atoms with Gasteiger partial charge in [0.2, 0.25) is 11.7 Å². The molecule has 5 atom stereocenters. The van der Waals surface area contributed by atoms with Crippen LogP contribution >= 0.6 is 0 Å². The number of β-lactam (4-membered cyclic amide) rings is 1. The second-order valence-corrected chi connectivity index (χ2v) is 9.75. The van der Waals surface area contributed by atoms with Crippen molar-refractivity contribution in [2.75, 3.05) is 19.8 Å². The summed E-state index contributed by atoms with van der Waals surface area (Å²) in [6, 6.07) is 5.19. The number of benzene rings is 1. The molecule has 3 fully saturated rings. The van der Waals surface area contributed by atoms with Crippen LogP contribution in [0, 0.1) is 22.0 Å². The number of nitro benzene ring substituents is 1. The van der Waals surface area contributed by atoms with E-state index in [1.807, 2.05) is 0 Å². The number of likely N-dealkylation sites (tertiary alicyclic amines) is 1. The van der Waals surface area contributed by atoms with Crippen molar-refractivity contribution in [1.29, 1.82) is 0 Å². The van der Waals surface area contributed by atoms with E-state index in [2.05, 4.69) is 0 Å². The number of nitrogens with zero attached hydrogens (tertiary/aromatic N) is 2. The number of nitro groups is 1. The second kappa shape index (κ2) is 11.7. The van der Waals surface area contributed by atoms with Crippen LogP contribution in [0.3, 0.4) is 0 Å². The van der Waals surface area contributed by atoms with E-state index in [0.717, 1.165) is 32.1 Å². The van der Waals surface area contributed by atoms with Crippen LogP contribution in [0.1, 0.15) is 50.5 Å². The van der Waals surface area contributed by atoms with E-state index in [4.69, 9.17) is 14.2 Å². The maximum Gasteiger partial charge on any atom is 0.269 e. The van der Waals surface area contributed by atoms with Crippen molar-refractivity contribution in [3.8, 4) is 0 Å². The van der Waals surface area contributed by atoms with Gasteiger partial charge in [0, 0.05) is 37.3 Å². The Labute approximate surface area is 209 Å². The van der Waals surface area contributed by atoms with Gasteiger partial charge in [-0.3, -0.25) is 19.7 Å². The highest BCUT2D eigenvalue weighted by Crippen LogP contribution is 2.43. The molecule has 36 heavy (non-hydrogen) atoms. The van der Waals surface area contributed by atoms with Gasteiger partial charge in [-0.15, -0.1) is 0 Å². The number of carbonyl (C=O) groups is 2. The van der Waals surface area contributed by atoms with E-state index in [1.165, 1.54) is 24.3 Å². The summed E-state index contributed by atoms with van der Waals surface area (Å²) < 4.78 is 17.4. The van der Waals surface area contributed by atoms with Crippen molar-refractivity contribution in [3.05, 3.63) is 39.9 Å². The van der Waals surface area contributed by atoms with Crippen LogP contribution in [0.5, 0.6) is 0 Å². The Morgan fingerprint density at radius 2 is 1.83 bits per heavy atom. The van der Waals surface area contributed by atoms with Gasteiger partial charge in [0.15, 0.2) is 12.6 Å². The highest BCUT2D eigenvalue weighted by molar-refractivity contribution is 5.87. The quantitative estimate of drug-likeness (QED) is 0.151. The summed E-state index contributed by atoms with van der Waals surface area (Å²) in [4.78, 5) is 37.2. The third kappa shape index (κ3) is 5.92. The first kappa shape index (κ1) is 26.6. The molecule has 2 N–H and O–H groups in total. The van der Waals surface area contributed by atoms with Gasteiger partial charge in [0.25, 0.3) is 5.69 Å². The van der Waals surface area contributed by atoms with Crippen LogP contribution in [0.15, 0.2) is 24.3 Å². The van der Waals surface area contributed by atoms with E-state index in [1.54, 1.807) is 4.90 Å². The summed E-state index contributed by atoms with van der Waals surface area (Å²) in [6.45, 7) is 1.49. The molecule has 3 saturated heterocycles. The number of aliphatic hydroxyl groups is 2. The fraction of sp³-hybridized carbons (Fsp3) is 0.680. The van der Waals surface area contributed by atoms with Crippen molar-refractivity contribution in [2.24, 2.45) is 11.8 Å². The Hall–Kier alpha value is -2.44. The van der Waals surface area contributed by atoms with E-state index in [0.29, 0.717) is 38.2 Å². The predicted molar refractivity (Wildman–Crippen MR) is 125 cm³/mol. The maximum atomic E-state index is 13.4. The number of aldehydes is 1. The van der Waals surface area contributed by atoms with Gasteiger partial charge in [0.1, 0.15) is 6.23 Å². The minimum absolute atomic E-state index is 0.0252. The van der Waals surface area contributed by atoms with Gasteiger partial charge in [-0.1, -0.05) is 12.1 Å². The Kier molecular flexibility index (Phi) is 8.68. The van der Waals surface area contributed by atoms with Gasteiger partial charge >= 0.3 is 0 Å². The fourth-order valence-electron chi connectivity index (χ4n) is 5.45. The maximum absolute atomic E-state index is 13.4. The van der Waals surface area contributed by atoms with Gasteiger partial charge in [-0.2, -0.15) is 0 Å². The van der Waals surface area contributed by atoms with Gasteiger partial charge in [0.05, 0.1) is 17.4 Å². The molecule has 1 aromatic carbocycles. The van der Waals surface area contributed by atoms with E-state index in [9.17, 15) is 29.9 Å². The van der Waals surface area contributed by atoms with E-state index < -0.39 is 34.8 Å². The monoisotopic (exact) mass is 506 g/mol. The number of hydrogen-bond donors (Lipinski definition) is 2. The number of rotatable bonds is 11. The van der Waals surface area contributed by atoms with Crippen LogP contribution in [0.4, 0.5) is 5.69 Å². The average Bonchev–Trinajstić information content (AvgIpc) is 2.89. The zero-order valence-corrected chi connectivity index (χ0v) is 20.2. The molecule has 1 aromatic rings. The fourth-order valence-corrected chi connectivity index (χ4v) is 5.45. The Morgan fingerprint density at radius 3 is 2.42 bits per heavy atom. The second-order valence-electron chi connectivity index (χ2n) is 9.75. The first-order valence-corrected chi connectivity index (χ1v) is 12.6. The lowest BCUT2D eigenvalue weighted by molar-refractivity contribution is -0.384. The smallest absolute Gasteiger partial charge is 0.269 e. The van der Waals surface area contributed by atoms with E-state index >= 15 is 0 Å². The Bertz CT molecular complexity index is 911. The molecule has 0 aliphatic carbocycles. The first-order chi connectivity index (χ1) is 17.3. The zero-order valence-electron chi connectivity index (χ0n) is 20.2. The summed E-state index contributed by atoms with van der Waals surface area (Å²) in [5, 5.41) is 32.2. The molecule has 3 heterocycles. The normalized spacial score (nSPS) is 27.8. The van der Waals surface area contributed by atoms with Crippen molar-refractivity contribution < 1.29 is 38.9 Å². The molecule has 198 valence electrons. The lowest BCUT2D eigenvalue weighted by atomic mass is 9.70. The summed E-state index contributed by atoms with van der Waals surface area (Å²) in [5.41, 5.74) is 0.441. The molecule has 3 aliphatic heterocycles. The van der Waals surface area contributed by atoms with Gasteiger partial charge < -0.3 is 29.3 Å². The SMILES string of the molecule is O=CC(O)(O)C(Cc1ccc([N+](=O)[O-])cc1)C1C(=O)N(C2CCCCO2)C1CCOC1CCCCO1. The van der Waals surface area contributed by atoms with Crippen LogP contribution in [0.2, 0.25) is 0 Å². The topological polar surface area (TPSA) is 149 Å². The largest absolute Gasteiger partial charge is 0.360 e. The average molecular weight is 507 g/mol. The molecule has 0 spiro atoms. The molecule has 0 saturated carbocycles. The van der Waals surface area contributed by atoms with Crippen LogP contribution in [0.25, 0.3) is 0 Å². The Balaban J connectivity index is 1.53. The van der Waals surface area contributed by atoms with Crippen molar-refractivity contribution in [1.82, 2.24) is 4.90 Å². The lowest BCUT2D eigenvalue weighted by Crippen LogP contribution is -2.70. The van der Waals surface area contributed by atoms with Crippen LogP contribution in [-0.2, 0) is 30.2 Å². The van der Waals surface area contributed by atoms with E-state index in [-0.39, 0.29) is 30.6 Å². The number of carbonyl (C=O) groups excluding carboxylic acids is 2. The van der Waals surface area contributed by atoms with Crippen molar-refractivity contribution in [2.45, 2.75) is 75.7 Å². The van der Waals surface area contributed by atoms with Gasteiger partial charge in [-0.25, -0.2) is 0 Å². The number of amides is 1. The summed E-state index contributed by atoms with van der Waals surface area (Å²) in [5.74, 6) is -5.07. The van der Waals surface area contributed by atoms with Gasteiger partial charge in [-0.05, 0) is 56.9 Å². The summed E-state index contributed by atoms with van der Waals surface area (Å²) in [7, 11) is 0. The zero-order chi connectivity index (χ0) is 25.7. The first-order valence-electron chi connectivity index (χ1n) is 12.6. The summed E-state index contributed by atoms with van der Waals surface area (Å²) in [6.07, 6.45) is 5.07. The molecule has 0 aromatic heterocycles. The third-order valence-corrected chi connectivity index (χ3v) is 7.39. The number of hydrogen-bond acceptors (Lipinski definition) is 9. The highest BCUT2D eigenvalue weighted by atomic mass is 16.7. The molecule has 11 nitrogen and oxygen atoms in total. The minimum atomic E-state index is -2.76. The third-order valence-electron chi connectivity index (χ3n) is 7.39. The van der Waals surface area contributed by atoms with Crippen molar-refractivity contribution in [3.63, 3.8) is 0 Å². The molecule has 0 radical (unpaired) electrons. The highest BCUT2D eigenvalue weighted by Gasteiger charge is 2.58. The van der Waals surface area contributed by atoms with Crippen LogP contribution in [-0.4, -0.2) is 76.4 Å². The molecular formula is C25H34N2O9. The standard InChI is InChI=1S/C25H34N2O9/c28-16-25(30,31)19(15-17-7-9-18(10-8-17)27(32)33)23-20(11-14-36-22-6-2-4-13-35-22)26(24(23)29)21-5-1-3-12-34-21/h7-10,16,19-23,30-31H,1-6,11-15H2. The number of non-ortho nitro benzene ring substituents is 1. The Morgan fingerprint density at radius 1 is 1.14 bits per heavy atom. The number of ether oxygens (including phenoxy) is 3. The predicted octanol–water partition coefficient (Wildman–Crippen LogP) is 1.92. The molecule has 11 heteroatoms. The molecule has 1 amide bonds. The van der Waals surface area contributed by atoms with Crippen molar-refractivity contribution >= 4 is 17.9 Å². The molecule has 0 bridgehead atoms. The molecule has 4 rings (SSSR count). The molecule has 3 aliphatic rings. The lowest BCUT2D eigenvalue weighted by Gasteiger charge is -2.55. The molecular weight excluding hydrogens is 472 g/mol. The minimum Gasteiger partial charge on any atom is -0.360 e. The van der Waals surface area contributed by atoms with Crippen LogP contribution < -0.4 is 0 Å². The summed E-state index contributed by atoms with van der Waals surface area (Å²) >= 11 is 0.